The summed E-state index contributed by atoms with van der Waals surface area (Å²) in [5.74, 6) is 2.38. The number of aryl methyl sites for hydroxylation is 1. The first kappa shape index (κ1) is 32.5. The SMILES string of the molecule is CCCc1cccc(COc2cccc(-c3ccc(COC(c4ccccc4)(c4ccc(OC)cc4)c4ccc(OC)cc4)cn3)c2)c1. The summed E-state index contributed by atoms with van der Waals surface area (Å²) in [7, 11) is 3.35. The lowest BCUT2D eigenvalue weighted by Crippen LogP contribution is -2.32. The third-order valence-electron chi connectivity index (χ3n) is 8.52. The van der Waals surface area contributed by atoms with E-state index in [9.17, 15) is 0 Å². The van der Waals surface area contributed by atoms with Crippen LogP contribution in [0.5, 0.6) is 17.2 Å². The Morgan fingerprint density at radius 3 is 1.81 bits per heavy atom. The topological polar surface area (TPSA) is 49.8 Å². The van der Waals surface area contributed by atoms with E-state index in [1.54, 1.807) is 14.2 Å². The zero-order chi connectivity index (χ0) is 33.2. The molecule has 0 fully saturated rings. The molecule has 0 bridgehead atoms. The van der Waals surface area contributed by atoms with Crippen molar-refractivity contribution in [3.8, 4) is 28.5 Å². The predicted octanol–water partition coefficient (Wildman–Crippen LogP) is 9.81. The van der Waals surface area contributed by atoms with E-state index in [4.69, 9.17) is 23.9 Å². The Morgan fingerprint density at radius 2 is 1.19 bits per heavy atom. The van der Waals surface area contributed by atoms with Crippen molar-refractivity contribution in [2.24, 2.45) is 0 Å². The van der Waals surface area contributed by atoms with Gasteiger partial charge < -0.3 is 18.9 Å². The van der Waals surface area contributed by atoms with Crippen molar-refractivity contribution in [1.29, 1.82) is 0 Å². The van der Waals surface area contributed by atoms with Crippen molar-refractivity contribution in [2.45, 2.75) is 38.6 Å². The molecule has 0 amide bonds. The number of rotatable bonds is 14. The van der Waals surface area contributed by atoms with Crippen molar-refractivity contribution in [3.05, 3.63) is 179 Å². The van der Waals surface area contributed by atoms with Crippen LogP contribution in [-0.4, -0.2) is 19.2 Å². The summed E-state index contributed by atoms with van der Waals surface area (Å²) in [5.41, 5.74) is 7.42. The summed E-state index contributed by atoms with van der Waals surface area (Å²) in [6.07, 6.45) is 4.09. The van der Waals surface area contributed by atoms with Crippen LogP contribution in [0.2, 0.25) is 0 Å². The molecule has 0 saturated heterocycles. The molecule has 0 spiro atoms. The second kappa shape index (κ2) is 15.5. The molecule has 0 N–H and O–H groups in total. The normalized spacial score (nSPS) is 11.2. The van der Waals surface area contributed by atoms with E-state index in [0.717, 1.165) is 63.6 Å². The zero-order valence-electron chi connectivity index (χ0n) is 27.8. The summed E-state index contributed by atoms with van der Waals surface area (Å²) in [6, 6.07) is 47.3. The average molecular weight is 636 g/mol. The van der Waals surface area contributed by atoms with Gasteiger partial charge in [0.25, 0.3) is 0 Å². The number of nitrogens with zero attached hydrogens (tertiary/aromatic N) is 1. The maximum atomic E-state index is 7.04. The van der Waals surface area contributed by atoms with Gasteiger partial charge in [-0.15, -0.1) is 0 Å². The second-order valence-corrected chi connectivity index (χ2v) is 11.7. The third kappa shape index (κ3) is 7.43. The Balaban J connectivity index is 1.25. The molecule has 0 aliphatic rings. The molecule has 5 nitrogen and oxygen atoms in total. The van der Waals surface area contributed by atoms with Crippen LogP contribution >= 0.6 is 0 Å². The van der Waals surface area contributed by atoms with E-state index in [1.807, 2.05) is 72.9 Å². The molecule has 242 valence electrons. The number of hydrogen-bond acceptors (Lipinski definition) is 5. The number of aromatic nitrogens is 1. The van der Waals surface area contributed by atoms with Crippen molar-refractivity contribution < 1.29 is 18.9 Å². The molecular weight excluding hydrogens is 594 g/mol. The quantitative estimate of drug-likeness (QED) is 0.112. The molecule has 0 unspecified atom stereocenters. The Kier molecular flexibility index (Phi) is 10.5. The summed E-state index contributed by atoms with van der Waals surface area (Å²) in [6.45, 7) is 3.06. The van der Waals surface area contributed by atoms with Gasteiger partial charge in [-0.2, -0.15) is 0 Å². The van der Waals surface area contributed by atoms with Crippen molar-refractivity contribution in [3.63, 3.8) is 0 Å². The van der Waals surface area contributed by atoms with E-state index >= 15 is 0 Å². The fraction of sp³-hybridized carbons (Fsp3) is 0.186. The van der Waals surface area contributed by atoms with Crippen LogP contribution in [0.1, 0.15) is 46.7 Å². The molecule has 1 heterocycles. The van der Waals surface area contributed by atoms with Gasteiger partial charge in [0.1, 0.15) is 29.5 Å². The summed E-state index contributed by atoms with van der Waals surface area (Å²) in [5, 5.41) is 0. The van der Waals surface area contributed by atoms with Gasteiger partial charge in [0.15, 0.2) is 0 Å². The molecule has 0 radical (unpaired) electrons. The van der Waals surface area contributed by atoms with E-state index in [-0.39, 0.29) is 0 Å². The minimum absolute atomic E-state index is 0.334. The highest BCUT2D eigenvalue weighted by Gasteiger charge is 2.38. The smallest absolute Gasteiger partial charge is 0.144 e. The van der Waals surface area contributed by atoms with Crippen LogP contribution in [0.3, 0.4) is 0 Å². The van der Waals surface area contributed by atoms with E-state index in [1.165, 1.54) is 11.1 Å². The van der Waals surface area contributed by atoms with E-state index in [2.05, 4.69) is 79.7 Å². The molecule has 6 aromatic rings. The largest absolute Gasteiger partial charge is 0.497 e. The molecule has 5 aromatic carbocycles. The highest BCUT2D eigenvalue weighted by molar-refractivity contribution is 5.61. The highest BCUT2D eigenvalue weighted by Crippen LogP contribution is 2.42. The summed E-state index contributed by atoms with van der Waals surface area (Å²) in [4.78, 5) is 4.84. The second-order valence-electron chi connectivity index (χ2n) is 11.7. The Labute approximate surface area is 283 Å². The lowest BCUT2D eigenvalue weighted by molar-refractivity contribution is 0.0000784. The van der Waals surface area contributed by atoms with Crippen molar-refractivity contribution in [1.82, 2.24) is 4.98 Å². The highest BCUT2D eigenvalue weighted by atomic mass is 16.5. The van der Waals surface area contributed by atoms with E-state index in [0.29, 0.717) is 13.2 Å². The average Bonchev–Trinajstić information content (AvgIpc) is 3.16. The first-order valence-corrected chi connectivity index (χ1v) is 16.4. The minimum atomic E-state index is -0.903. The van der Waals surface area contributed by atoms with Crippen LogP contribution in [0.25, 0.3) is 11.3 Å². The van der Waals surface area contributed by atoms with Gasteiger partial charge in [-0.1, -0.05) is 110 Å². The predicted molar refractivity (Wildman–Crippen MR) is 192 cm³/mol. The molecular formula is C43H41NO4. The first-order valence-electron chi connectivity index (χ1n) is 16.4. The Hall–Kier alpha value is -5.39. The maximum absolute atomic E-state index is 7.04. The van der Waals surface area contributed by atoms with Crippen LogP contribution < -0.4 is 14.2 Å². The fourth-order valence-electron chi connectivity index (χ4n) is 6.02. The van der Waals surface area contributed by atoms with Gasteiger partial charge in [-0.3, -0.25) is 4.98 Å². The molecule has 0 aliphatic carbocycles. The zero-order valence-corrected chi connectivity index (χ0v) is 27.8. The first-order chi connectivity index (χ1) is 23.6. The molecule has 0 atom stereocenters. The molecule has 1 aromatic heterocycles. The van der Waals surface area contributed by atoms with Crippen molar-refractivity contribution >= 4 is 0 Å². The molecule has 48 heavy (non-hydrogen) atoms. The number of pyridine rings is 1. The van der Waals surface area contributed by atoms with Gasteiger partial charge in [-0.05, 0) is 82.3 Å². The van der Waals surface area contributed by atoms with Crippen LogP contribution in [0.4, 0.5) is 0 Å². The number of hydrogen-bond donors (Lipinski definition) is 0. The number of methoxy groups -OCH3 is 2. The van der Waals surface area contributed by atoms with Gasteiger partial charge in [0, 0.05) is 11.8 Å². The molecule has 0 aliphatic heterocycles. The van der Waals surface area contributed by atoms with Crippen LogP contribution in [0, 0.1) is 0 Å². The van der Waals surface area contributed by atoms with Gasteiger partial charge in [0.2, 0.25) is 0 Å². The number of ether oxygens (including phenoxy) is 4. The van der Waals surface area contributed by atoms with E-state index < -0.39 is 5.60 Å². The lowest BCUT2D eigenvalue weighted by Gasteiger charge is -2.36. The standard InChI is InChI=1S/C43H41NO4/c1-4-10-32-11-8-12-33(27-32)30-47-41-16-9-13-35(28-41)42-26-17-34(29-44-42)31-48-43(36-14-6-5-7-15-36,37-18-22-39(45-2)23-19-37)38-20-24-40(46-3)25-21-38/h5-9,11-29H,4,10,30-31H2,1-3H3. The Morgan fingerprint density at radius 1 is 0.542 bits per heavy atom. The molecule has 6 rings (SSSR count). The van der Waals surface area contributed by atoms with Crippen molar-refractivity contribution in [2.75, 3.05) is 14.2 Å². The van der Waals surface area contributed by atoms with Gasteiger partial charge in [-0.25, -0.2) is 0 Å². The fourth-order valence-corrected chi connectivity index (χ4v) is 6.02. The van der Waals surface area contributed by atoms with Crippen LogP contribution in [0.15, 0.2) is 146 Å². The third-order valence-corrected chi connectivity index (χ3v) is 8.52. The molecule has 5 heteroatoms. The summed E-state index contributed by atoms with van der Waals surface area (Å²) >= 11 is 0. The summed E-state index contributed by atoms with van der Waals surface area (Å²) < 4.78 is 24.2. The monoisotopic (exact) mass is 635 g/mol. The Bertz CT molecular complexity index is 1840. The maximum Gasteiger partial charge on any atom is 0.144 e. The number of benzene rings is 5. The molecule has 0 saturated carbocycles. The van der Waals surface area contributed by atoms with Gasteiger partial charge in [0.05, 0.1) is 26.5 Å². The lowest BCUT2D eigenvalue weighted by atomic mass is 9.80. The van der Waals surface area contributed by atoms with Crippen LogP contribution in [-0.2, 0) is 30.0 Å². The minimum Gasteiger partial charge on any atom is -0.497 e. The van der Waals surface area contributed by atoms with Gasteiger partial charge >= 0.3 is 0 Å².